The number of nitriles is 1. The molecule has 0 aliphatic heterocycles. The normalized spacial score (nSPS) is 11.0. The Morgan fingerprint density at radius 1 is 1.29 bits per heavy atom. The van der Waals surface area contributed by atoms with Gasteiger partial charge < -0.3 is 10.5 Å². The number of benzene rings is 2. The van der Waals surface area contributed by atoms with Crippen LogP contribution in [0, 0.1) is 17.1 Å². The molecular weight excluding hydrogens is 307 g/mol. The van der Waals surface area contributed by atoms with Gasteiger partial charge in [0, 0.05) is 6.42 Å². The average molecular weight is 324 g/mol. The van der Waals surface area contributed by atoms with E-state index in [1.165, 1.54) is 12.1 Å². The first-order chi connectivity index (χ1) is 11.5. The van der Waals surface area contributed by atoms with Crippen LogP contribution in [-0.4, -0.2) is 12.5 Å². The smallest absolute Gasteiger partial charge is 0.259 e. The van der Waals surface area contributed by atoms with E-state index in [1.54, 1.807) is 42.5 Å². The fourth-order valence-electron chi connectivity index (χ4n) is 2.27. The van der Waals surface area contributed by atoms with E-state index < -0.39 is 5.91 Å². The lowest BCUT2D eigenvalue weighted by atomic mass is 10.0. The number of amides is 1. The molecule has 0 aliphatic rings. The van der Waals surface area contributed by atoms with Crippen LogP contribution >= 0.6 is 0 Å². The quantitative estimate of drug-likeness (QED) is 0.655. The van der Waals surface area contributed by atoms with Gasteiger partial charge in [-0.1, -0.05) is 30.3 Å². The van der Waals surface area contributed by atoms with E-state index in [-0.39, 0.29) is 11.4 Å². The predicted octanol–water partition coefficient (Wildman–Crippen LogP) is 3.21. The van der Waals surface area contributed by atoms with Crippen molar-refractivity contribution in [2.45, 2.75) is 13.3 Å². The van der Waals surface area contributed by atoms with Gasteiger partial charge in [0.05, 0.1) is 6.61 Å². The second kappa shape index (κ2) is 7.93. The Hall–Kier alpha value is -3.13. The van der Waals surface area contributed by atoms with Gasteiger partial charge in [0.2, 0.25) is 0 Å². The maximum atomic E-state index is 13.8. The highest BCUT2D eigenvalue weighted by Crippen LogP contribution is 2.25. The third kappa shape index (κ3) is 4.20. The van der Waals surface area contributed by atoms with Crippen molar-refractivity contribution in [3.05, 3.63) is 70.5 Å². The van der Waals surface area contributed by atoms with Gasteiger partial charge in [-0.05, 0) is 41.8 Å². The first-order valence-corrected chi connectivity index (χ1v) is 7.46. The Kier molecular flexibility index (Phi) is 5.69. The monoisotopic (exact) mass is 324 g/mol. The summed E-state index contributed by atoms with van der Waals surface area (Å²) in [6.45, 7) is 2.29. The van der Waals surface area contributed by atoms with Gasteiger partial charge in [-0.25, -0.2) is 4.39 Å². The Labute approximate surface area is 140 Å². The number of carbonyl (C=O) groups excluding carboxylic acids is 1. The molecule has 0 radical (unpaired) electrons. The van der Waals surface area contributed by atoms with Gasteiger partial charge in [-0.2, -0.15) is 5.26 Å². The highest BCUT2D eigenvalue weighted by Gasteiger charge is 2.10. The van der Waals surface area contributed by atoms with Crippen LogP contribution in [0.25, 0.3) is 6.08 Å². The summed E-state index contributed by atoms with van der Waals surface area (Å²) in [5.41, 5.74) is 7.00. The fourth-order valence-corrected chi connectivity index (χ4v) is 2.27. The molecule has 0 aliphatic carbocycles. The molecule has 1 amide bonds. The van der Waals surface area contributed by atoms with Crippen LogP contribution < -0.4 is 10.5 Å². The highest BCUT2D eigenvalue weighted by molar-refractivity contribution is 6.00. The topological polar surface area (TPSA) is 76.1 Å². The van der Waals surface area contributed by atoms with Crippen molar-refractivity contribution in [1.82, 2.24) is 0 Å². The fraction of sp³-hybridized carbons (Fsp3) is 0.158. The molecule has 0 fully saturated rings. The minimum Gasteiger partial charge on any atom is -0.494 e. The van der Waals surface area contributed by atoms with Crippen molar-refractivity contribution >= 4 is 12.0 Å². The minimum atomic E-state index is -0.786. The van der Waals surface area contributed by atoms with Crippen molar-refractivity contribution in [2.24, 2.45) is 5.73 Å². The molecule has 0 saturated heterocycles. The van der Waals surface area contributed by atoms with Crippen molar-refractivity contribution in [3.63, 3.8) is 0 Å². The number of rotatable bonds is 6. The molecule has 2 aromatic carbocycles. The number of primary amides is 1. The Morgan fingerprint density at radius 3 is 2.67 bits per heavy atom. The molecule has 0 bridgehead atoms. The molecule has 2 N–H and O–H groups in total. The number of hydrogen-bond donors (Lipinski definition) is 1. The van der Waals surface area contributed by atoms with Crippen LogP contribution in [-0.2, 0) is 11.2 Å². The summed E-state index contributed by atoms with van der Waals surface area (Å²) in [6, 6.07) is 13.6. The molecule has 2 rings (SSSR count). The summed E-state index contributed by atoms with van der Waals surface area (Å²) in [5.74, 6) is -0.480. The molecule has 0 atom stereocenters. The Morgan fingerprint density at radius 2 is 2.04 bits per heavy atom. The van der Waals surface area contributed by atoms with Gasteiger partial charge in [0.1, 0.15) is 23.2 Å². The largest absolute Gasteiger partial charge is 0.494 e. The summed E-state index contributed by atoms with van der Waals surface area (Å²) in [6.07, 6.45) is 1.78. The zero-order valence-electron chi connectivity index (χ0n) is 13.3. The molecule has 24 heavy (non-hydrogen) atoms. The van der Waals surface area contributed by atoms with Crippen LogP contribution in [0.4, 0.5) is 4.39 Å². The predicted molar refractivity (Wildman–Crippen MR) is 89.6 cm³/mol. The first kappa shape index (κ1) is 17.2. The van der Waals surface area contributed by atoms with Crippen LogP contribution in [0.15, 0.2) is 48.0 Å². The van der Waals surface area contributed by atoms with Crippen molar-refractivity contribution in [3.8, 4) is 11.8 Å². The first-order valence-electron chi connectivity index (χ1n) is 7.46. The lowest BCUT2D eigenvalue weighted by molar-refractivity contribution is -0.114. The third-order valence-corrected chi connectivity index (χ3v) is 3.43. The molecule has 0 aromatic heterocycles. The minimum absolute atomic E-state index is 0.140. The van der Waals surface area contributed by atoms with E-state index in [0.29, 0.717) is 29.9 Å². The second-order valence-corrected chi connectivity index (χ2v) is 5.10. The lowest BCUT2D eigenvalue weighted by Crippen LogP contribution is -2.12. The van der Waals surface area contributed by atoms with E-state index in [2.05, 4.69) is 0 Å². The summed E-state index contributed by atoms with van der Waals surface area (Å²) in [7, 11) is 0. The maximum absolute atomic E-state index is 13.8. The van der Waals surface area contributed by atoms with Crippen LogP contribution in [0.3, 0.4) is 0 Å². The number of halogens is 1. The van der Waals surface area contributed by atoms with Crippen LogP contribution in [0.5, 0.6) is 5.75 Å². The van der Waals surface area contributed by atoms with Crippen molar-refractivity contribution in [2.75, 3.05) is 6.61 Å². The van der Waals surface area contributed by atoms with Gasteiger partial charge in [-0.3, -0.25) is 4.79 Å². The van der Waals surface area contributed by atoms with Gasteiger partial charge in [-0.15, -0.1) is 0 Å². The average Bonchev–Trinajstić information content (AvgIpc) is 2.56. The molecule has 0 saturated carbocycles. The third-order valence-electron chi connectivity index (χ3n) is 3.43. The van der Waals surface area contributed by atoms with Gasteiger partial charge in [0.25, 0.3) is 5.91 Å². The van der Waals surface area contributed by atoms with E-state index in [9.17, 15) is 9.18 Å². The van der Waals surface area contributed by atoms with E-state index >= 15 is 0 Å². The van der Waals surface area contributed by atoms with Gasteiger partial charge >= 0.3 is 0 Å². The number of hydrogen-bond acceptors (Lipinski definition) is 3. The molecule has 0 heterocycles. The summed E-state index contributed by atoms with van der Waals surface area (Å²) in [5, 5.41) is 8.92. The summed E-state index contributed by atoms with van der Waals surface area (Å²) in [4.78, 5) is 11.1. The summed E-state index contributed by atoms with van der Waals surface area (Å²) >= 11 is 0. The van der Waals surface area contributed by atoms with E-state index in [1.807, 2.05) is 6.92 Å². The second-order valence-electron chi connectivity index (χ2n) is 5.10. The van der Waals surface area contributed by atoms with Gasteiger partial charge in [0.15, 0.2) is 0 Å². The van der Waals surface area contributed by atoms with Crippen LogP contribution in [0.2, 0.25) is 0 Å². The zero-order chi connectivity index (χ0) is 17.5. The molecule has 2 aromatic rings. The molecule has 122 valence electrons. The maximum Gasteiger partial charge on any atom is 0.259 e. The SMILES string of the molecule is CCOc1cc(/C=C(\C#N)C(N)=O)ccc1Cc1ccccc1F. The molecule has 0 unspecified atom stereocenters. The molecular formula is C19H17FN2O2. The number of nitrogens with two attached hydrogens (primary N) is 1. The Balaban J connectivity index is 2.39. The van der Waals surface area contributed by atoms with Crippen LogP contribution in [0.1, 0.15) is 23.6 Å². The lowest BCUT2D eigenvalue weighted by Gasteiger charge is -2.12. The number of ether oxygens (including phenoxy) is 1. The highest BCUT2D eigenvalue weighted by atomic mass is 19.1. The van der Waals surface area contributed by atoms with Crippen molar-refractivity contribution in [1.29, 1.82) is 5.26 Å². The van der Waals surface area contributed by atoms with Crippen molar-refractivity contribution < 1.29 is 13.9 Å². The zero-order valence-corrected chi connectivity index (χ0v) is 13.3. The van der Waals surface area contributed by atoms with E-state index in [0.717, 1.165) is 5.56 Å². The summed E-state index contributed by atoms with van der Waals surface area (Å²) < 4.78 is 19.5. The molecule has 4 nitrogen and oxygen atoms in total. The standard InChI is InChI=1S/C19H17FN2O2/c1-2-24-18-10-13(9-16(12-21)19(22)23)7-8-15(18)11-14-5-3-4-6-17(14)20/h3-10H,2,11H2,1H3,(H2,22,23)/b16-9+. The Bertz CT molecular complexity index is 822. The number of nitrogens with zero attached hydrogens (tertiary/aromatic N) is 1. The molecule has 5 heteroatoms. The number of carbonyl (C=O) groups is 1. The molecule has 0 spiro atoms. The van der Waals surface area contributed by atoms with E-state index in [4.69, 9.17) is 15.7 Å².